The van der Waals surface area contributed by atoms with Crippen LogP contribution in [0.5, 0.6) is 0 Å². The van der Waals surface area contributed by atoms with Crippen LogP contribution in [0.1, 0.15) is 6.42 Å². The number of ether oxygens (including phenoxy) is 1. The van der Waals surface area contributed by atoms with Crippen molar-refractivity contribution in [2.45, 2.75) is 12.5 Å². The predicted molar refractivity (Wildman–Crippen MR) is 64.1 cm³/mol. The number of piperazine rings is 1. The molecule has 2 saturated heterocycles. The van der Waals surface area contributed by atoms with Crippen LogP contribution in [0.4, 0.5) is 0 Å². The minimum Gasteiger partial charge on any atom is -0.375 e. The number of hydrogen-bond acceptors (Lipinski definition) is 4. The van der Waals surface area contributed by atoms with Crippen molar-refractivity contribution in [1.29, 1.82) is 0 Å². The first-order valence-electron chi connectivity index (χ1n) is 5.62. The number of morpholine rings is 1. The molecule has 98 valence electrons. The second-order valence-electron chi connectivity index (χ2n) is 4.07. The monoisotopic (exact) mass is 263 g/mol. The van der Waals surface area contributed by atoms with Gasteiger partial charge in [-0.25, -0.2) is 0 Å². The molecule has 2 fully saturated rings. The van der Waals surface area contributed by atoms with Crippen molar-refractivity contribution < 1.29 is 14.3 Å². The first-order chi connectivity index (χ1) is 7.75. The number of nitrogens with zero attached hydrogens (tertiary/aromatic N) is 1. The van der Waals surface area contributed by atoms with Crippen LogP contribution in [0.3, 0.4) is 0 Å². The SMILES string of the molecule is Cl.O=C1CN(C(=O)CC2CNCCO2)CCN1. The Balaban J connectivity index is 0.00000144. The van der Waals surface area contributed by atoms with Crippen molar-refractivity contribution >= 4 is 24.2 Å². The van der Waals surface area contributed by atoms with Crippen molar-refractivity contribution in [3.63, 3.8) is 0 Å². The molecule has 7 heteroatoms. The molecule has 0 aromatic carbocycles. The first-order valence-corrected chi connectivity index (χ1v) is 5.62. The predicted octanol–water partition coefficient (Wildman–Crippen LogP) is -1.25. The Hall–Kier alpha value is -0.850. The van der Waals surface area contributed by atoms with E-state index in [4.69, 9.17) is 4.74 Å². The third kappa shape index (κ3) is 4.14. The Bertz CT molecular complexity index is 282. The highest BCUT2D eigenvalue weighted by molar-refractivity contribution is 5.86. The van der Waals surface area contributed by atoms with E-state index in [2.05, 4.69) is 10.6 Å². The molecule has 2 amide bonds. The summed E-state index contributed by atoms with van der Waals surface area (Å²) in [6.07, 6.45) is 0.312. The van der Waals surface area contributed by atoms with Gasteiger partial charge < -0.3 is 20.3 Å². The minimum absolute atomic E-state index is 0. The molecule has 2 heterocycles. The molecular weight excluding hydrogens is 246 g/mol. The van der Waals surface area contributed by atoms with Crippen molar-refractivity contribution in [2.75, 3.05) is 39.3 Å². The summed E-state index contributed by atoms with van der Waals surface area (Å²) < 4.78 is 5.46. The second kappa shape index (κ2) is 6.78. The topological polar surface area (TPSA) is 70.7 Å². The van der Waals surface area contributed by atoms with Crippen LogP contribution in [0, 0.1) is 0 Å². The average Bonchev–Trinajstić information content (AvgIpc) is 2.30. The lowest BCUT2D eigenvalue weighted by Gasteiger charge is -2.29. The number of halogens is 1. The van der Waals surface area contributed by atoms with Crippen LogP contribution < -0.4 is 10.6 Å². The summed E-state index contributed by atoms with van der Waals surface area (Å²) in [5.74, 6) is -0.0779. The van der Waals surface area contributed by atoms with Crippen molar-refractivity contribution in [3.05, 3.63) is 0 Å². The number of nitrogens with one attached hydrogen (secondary N) is 2. The normalized spacial score (nSPS) is 24.8. The summed E-state index contributed by atoms with van der Waals surface area (Å²) in [6, 6.07) is 0. The van der Waals surface area contributed by atoms with Gasteiger partial charge in [-0.1, -0.05) is 0 Å². The van der Waals surface area contributed by atoms with E-state index >= 15 is 0 Å². The molecule has 0 aliphatic carbocycles. The van der Waals surface area contributed by atoms with Crippen LogP contribution in [-0.2, 0) is 14.3 Å². The van der Waals surface area contributed by atoms with Gasteiger partial charge in [0.2, 0.25) is 11.8 Å². The molecule has 17 heavy (non-hydrogen) atoms. The molecule has 2 N–H and O–H groups in total. The fourth-order valence-corrected chi connectivity index (χ4v) is 1.93. The van der Waals surface area contributed by atoms with Crippen molar-refractivity contribution in [1.82, 2.24) is 15.5 Å². The van der Waals surface area contributed by atoms with Gasteiger partial charge in [-0.15, -0.1) is 12.4 Å². The molecule has 0 bridgehead atoms. The molecule has 6 nitrogen and oxygen atoms in total. The summed E-state index contributed by atoms with van der Waals surface area (Å²) in [5.41, 5.74) is 0. The lowest BCUT2D eigenvalue weighted by Crippen LogP contribution is -2.51. The maximum atomic E-state index is 11.9. The molecule has 2 aliphatic heterocycles. The van der Waals surface area contributed by atoms with Crippen LogP contribution in [0.2, 0.25) is 0 Å². The van der Waals surface area contributed by atoms with E-state index in [0.717, 1.165) is 6.54 Å². The Morgan fingerprint density at radius 3 is 2.94 bits per heavy atom. The van der Waals surface area contributed by atoms with E-state index in [1.54, 1.807) is 4.90 Å². The highest BCUT2D eigenvalue weighted by Crippen LogP contribution is 2.06. The third-order valence-electron chi connectivity index (χ3n) is 2.80. The Kier molecular flexibility index (Phi) is 5.67. The lowest BCUT2D eigenvalue weighted by atomic mass is 10.2. The average molecular weight is 264 g/mol. The van der Waals surface area contributed by atoms with Gasteiger partial charge in [-0.3, -0.25) is 9.59 Å². The fourth-order valence-electron chi connectivity index (χ4n) is 1.93. The van der Waals surface area contributed by atoms with Crippen LogP contribution in [0.15, 0.2) is 0 Å². The van der Waals surface area contributed by atoms with Crippen molar-refractivity contribution in [3.8, 4) is 0 Å². The molecule has 0 aromatic heterocycles. The first kappa shape index (κ1) is 14.2. The molecule has 2 rings (SSSR count). The van der Waals surface area contributed by atoms with Gasteiger partial charge >= 0.3 is 0 Å². The molecule has 2 aliphatic rings. The molecule has 0 radical (unpaired) electrons. The molecular formula is C10H18ClN3O3. The molecule has 1 unspecified atom stereocenters. The Morgan fingerprint density at radius 1 is 1.47 bits per heavy atom. The highest BCUT2D eigenvalue weighted by Gasteiger charge is 2.24. The van der Waals surface area contributed by atoms with E-state index in [0.29, 0.717) is 32.7 Å². The Labute approximate surface area is 106 Å². The number of carbonyl (C=O) groups is 2. The second-order valence-corrected chi connectivity index (χ2v) is 4.07. The van der Waals surface area contributed by atoms with Crippen LogP contribution in [-0.4, -0.2) is 62.1 Å². The van der Waals surface area contributed by atoms with Crippen LogP contribution >= 0.6 is 12.4 Å². The molecule has 0 saturated carbocycles. The van der Waals surface area contributed by atoms with Crippen molar-refractivity contribution in [2.24, 2.45) is 0 Å². The van der Waals surface area contributed by atoms with E-state index < -0.39 is 0 Å². The molecule has 0 spiro atoms. The Morgan fingerprint density at radius 2 is 2.29 bits per heavy atom. The zero-order valence-electron chi connectivity index (χ0n) is 9.61. The zero-order valence-corrected chi connectivity index (χ0v) is 10.4. The summed E-state index contributed by atoms with van der Waals surface area (Å²) in [4.78, 5) is 24.6. The number of hydrogen-bond donors (Lipinski definition) is 2. The van der Waals surface area contributed by atoms with Gasteiger partial charge in [0.1, 0.15) is 0 Å². The summed E-state index contributed by atoms with van der Waals surface area (Å²) in [6.45, 7) is 3.54. The minimum atomic E-state index is -0.0812. The fraction of sp³-hybridized carbons (Fsp3) is 0.800. The summed E-state index contributed by atoms with van der Waals surface area (Å²) >= 11 is 0. The summed E-state index contributed by atoms with van der Waals surface area (Å²) in [5, 5.41) is 5.87. The standard InChI is InChI=1S/C10H17N3O3.ClH/c14-9-7-13(3-1-12-9)10(15)5-8-6-11-2-4-16-8;/h8,11H,1-7H2,(H,12,14);1H. The molecule has 0 aromatic rings. The van der Waals surface area contributed by atoms with Gasteiger partial charge in [-0.05, 0) is 0 Å². The van der Waals surface area contributed by atoms with Gasteiger partial charge in [0.05, 0.1) is 25.7 Å². The number of carbonyl (C=O) groups excluding carboxylic acids is 2. The quantitative estimate of drug-likeness (QED) is 0.653. The summed E-state index contributed by atoms with van der Waals surface area (Å²) in [7, 11) is 0. The number of amides is 2. The smallest absolute Gasteiger partial charge is 0.239 e. The van der Waals surface area contributed by atoms with Gasteiger partial charge in [-0.2, -0.15) is 0 Å². The van der Waals surface area contributed by atoms with Gasteiger partial charge in [0, 0.05) is 26.2 Å². The zero-order chi connectivity index (χ0) is 11.4. The molecule has 1 atom stereocenters. The maximum absolute atomic E-state index is 11.9. The van der Waals surface area contributed by atoms with E-state index in [9.17, 15) is 9.59 Å². The van der Waals surface area contributed by atoms with E-state index in [-0.39, 0.29) is 36.9 Å². The third-order valence-corrected chi connectivity index (χ3v) is 2.80. The van der Waals surface area contributed by atoms with Crippen LogP contribution in [0.25, 0.3) is 0 Å². The highest BCUT2D eigenvalue weighted by atomic mass is 35.5. The lowest BCUT2D eigenvalue weighted by molar-refractivity contribution is -0.140. The van der Waals surface area contributed by atoms with E-state index in [1.165, 1.54) is 0 Å². The van der Waals surface area contributed by atoms with Gasteiger partial charge in [0.15, 0.2) is 0 Å². The largest absolute Gasteiger partial charge is 0.375 e. The van der Waals surface area contributed by atoms with Gasteiger partial charge in [0.25, 0.3) is 0 Å². The number of rotatable bonds is 2. The van der Waals surface area contributed by atoms with E-state index in [1.807, 2.05) is 0 Å². The maximum Gasteiger partial charge on any atom is 0.239 e.